The van der Waals surface area contributed by atoms with Crippen molar-refractivity contribution in [2.75, 3.05) is 11.9 Å². The van der Waals surface area contributed by atoms with Gasteiger partial charge in [0.25, 0.3) is 0 Å². The number of para-hydroxylation sites is 1. The lowest BCUT2D eigenvalue weighted by atomic mass is 10.2. The third-order valence-corrected chi connectivity index (χ3v) is 2.50. The zero-order chi connectivity index (χ0) is 11.5. The van der Waals surface area contributed by atoms with Crippen LogP contribution in [0.4, 0.5) is 11.5 Å². The fourth-order valence-electron chi connectivity index (χ4n) is 1.50. The molecule has 1 aromatic carbocycles. The van der Waals surface area contributed by atoms with Crippen molar-refractivity contribution in [1.82, 2.24) is 15.2 Å². The van der Waals surface area contributed by atoms with Gasteiger partial charge in [0.1, 0.15) is 0 Å². The summed E-state index contributed by atoms with van der Waals surface area (Å²) in [4.78, 5) is 6.03. The van der Waals surface area contributed by atoms with Crippen LogP contribution in [0, 0.1) is 6.92 Å². The first kappa shape index (κ1) is 10.8. The second-order valence-electron chi connectivity index (χ2n) is 3.43. The average Bonchev–Trinajstić information content (AvgIpc) is 2.29. The number of nitrogens with zero attached hydrogens (tertiary/aromatic N) is 4. The van der Waals surface area contributed by atoms with Crippen LogP contribution in [0.15, 0.2) is 30.5 Å². The summed E-state index contributed by atoms with van der Waals surface area (Å²) in [6.45, 7) is 2.04. The third-order valence-electron chi connectivity index (χ3n) is 2.34. The quantitative estimate of drug-likeness (QED) is 0.801. The van der Waals surface area contributed by atoms with Crippen LogP contribution in [0.5, 0.6) is 0 Å². The highest BCUT2D eigenvalue weighted by molar-refractivity contribution is 6.28. The zero-order valence-corrected chi connectivity index (χ0v) is 9.81. The largest absolute Gasteiger partial charge is 0.328 e. The van der Waals surface area contributed by atoms with E-state index < -0.39 is 0 Å². The van der Waals surface area contributed by atoms with E-state index in [1.807, 2.05) is 43.1 Å². The van der Waals surface area contributed by atoms with Gasteiger partial charge in [-0.3, -0.25) is 0 Å². The van der Waals surface area contributed by atoms with E-state index in [0.717, 1.165) is 5.69 Å². The number of aromatic nitrogens is 3. The lowest BCUT2D eigenvalue weighted by molar-refractivity contribution is 0.947. The molecule has 1 heterocycles. The summed E-state index contributed by atoms with van der Waals surface area (Å²) < 4.78 is 0. The van der Waals surface area contributed by atoms with Gasteiger partial charge < -0.3 is 4.90 Å². The number of hydrogen-bond donors (Lipinski definition) is 0. The molecule has 0 saturated heterocycles. The molecule has 0 bridgehead atoms. The van der Waals surface area contributed by atoms with Crippen LogP contribution < -0.4 is 4.90 Å². The first-order valence-corrected chi connectivity index (χ1v) is 5.21. The minimum Gasteiger partial charge on any atom is -0.328 e. The fourth-order valence-corrected chi connectivity index (χ4v) is 1.63. The Morgan fingerprint density at radius 3 is 2.69 bits per heavy atom. The van der Waals surface area contributed by atoms with Crippen LogP contribution in [0.25, 0.3) is 0 Å². The van der Waals surface area contributed by atoms with Crippen LogP contribution >= 0.6 is 11.6 Å². The maximum Gasteiger partial charge on any atom is 0.244 e. The van der Waals surface area contributed by atoms with Crippen LogP contribution in [-0.4, -0.2) is 22.2 Å². The van der Waals surface area contributed by atoms with Gasteiger partial charge in [0.2, 0.25) is 5.28 Å². The summed E-state index contributed by atoms with van der Waals surface area (Å²) in [6, 6.07) is 8.04. The Balaban J connectivity index is 2.39. The molecule has 5 heteroatoms. The van der Waals surface area contributed by atoms with Gasteiger partial charge in [-0.05, 0) is 30.2 Å². The van der Waals surface area contributed by atoms with Gasteiger partial charge in [0.05, 0.1) is 6.20 Å². The summed E-state index contributed by atoms with van der Waals surface area (Å²) in [5.41, 5.74) is 2.24. The van der Waals surface area contributed by atoms with E-state index in [2.05, 4.69) is 15.2 Å². The maximum atomic E-state index is 5.70. The molecule has 0 aliphatic rings. The van der Waals surface area contributed by atoms with Gasteiger partial charge in [0.15, 0.2) is 5.82 Å². The van der Waals surface area contributed by atoms with Crippen LogP contribution in [-0.2, 0) is 0 Å². The summed E-state index contributed by atoms with van der Waals surface area (Å²) >= 11 is 5.70. The Morgan fingerprint density at radius 1 is 1.25 bits per heavy atom. The Bertz CT molecular complexity index is 501. The van der Waals surface area contributed by atoms with Crippen molar-refractivity contribution in [2.45, 2.75) is 6.92 Å². The number of anilines is 2. The average molecular weight is 235 g/mol. The van der Waals surface area contributed by atoms with E-state index >= 15 is 0 Å². The Morgan fingerprint density at radius 2 is 2.00 bits per heavy atom. The topological polar surface area (TPSA) is 41.9 Å². The molecule has 0 radical (unpaired) electrons. The highest BCUT2D eigenvalue weighted by atomic mass is 35.5. The summed E-state index contributed by atoms with van der Waals surface area (Å²) in [6.07, 6.45) is 1.58. The van der Waals surface area contributed by atoms with Crippen molar-refractivity contribution in [3.05, 3.63) is 41.3 Å². The number of benzene rings is 1. The van der Waals surface area contributed by atoms with Gasteiger partial charge in [-0.2, -0.15) is 10.1 Å². The van der Waals surface area contributed by atoms with Crippen molar-refractivity contribution in [3.8, 4) is 0 Å². The minimum atomic E-state index is 0.151. The predicted octanol–water partition coefficient (Wildman–Crippen LogP) is 2.60. The predicted molar refractivity (Wildman–Crippen MR) is 64.1 cm³/mol. The van der Waals surface area contributed by atoms with Crippen molar-refractivity contribution in [2.24, 2.45) is 0 Å². The molecule has 0 atom stereocenters. The van der Waals surface area contributed by atoms with Crippen molar-refractivity contribution in [3.63, 3.8) is 0 Å². The SMILES string of the molecule is Cc1ccccc1N(C)c1cnnc(Cl)n1. The van der Waals surface area contributed by atoms with Crippen LogP contribution in [0.3, 0.4) is 0 Å². The van der Waals surface area contributed by atoms with E-state index in [1.54, 1.807) is 6.20 Å². The lowest BCUT2D eigenvalue weighted by Gasteiger charge is -2.19. The number of hydrogen-bond acceptors (Lipinski definition) is 4. The lowest BCUT2D eigenvalue weighted by Crippen LogP contribution is -2.13. The molecule has 0 spiro atoms. The Labute approximate surface area is 98.9 Å². The highest BCUT2D eigenvalue weighted by Gasteiger charge is 2.08. The molecule has 2 aromatic rings. The molecule has 82 valence electrons. The first-order valence-electron chi connectivity index (χ1n) is 4.83. The van der Waals surface area contributed by atoms with Gasteiger partial charge in [0, 0.05) is 12.7 Å². The summed E-state index contributed by atoms with van der Waals surface area (Å²) in [5, 5.41) is 7.54. The normalized spacial score (nSPS) is 10.2. The molecule has 4 nitrogen and oxygen atoms in total. The molecule has 0 N–H and O–H groups in total. The smallest absolute Gasteiger partial charge is 0.244 e. The maximum absolute atomic E-state index is 5.70. The van der Waals surface area contributed by atoms with E-state index in [1.165, 1.54) is 5.56 Å². The van der Waals surface area contributed by atoms with Crippen molar-refractivity contribution >= 4 is 23.1 Å². The van der Waals surface area contributed by atoms with E-state index in [4.69, 9.17) is 11.6 Å². The molecule has 16 heavy (non-hydrogen) atoms. The fraction of sp³-hybridized carbons (Fsp3) is 0.182. The van der Waals surface area contributed by atoms with Crippen LogP contribution in [0.2, 0.25) is 5.28 Å². The van der Waals surface area contributed by atoms with Gasteiger partial charge in [-0.15, -0.1) is 5.10 Å². The van der Waals surface area contributed by atoms with E-state index in [0.29, 0.717) is 5.82 Å². The minimum absolute atomic E-state index is 0.151. The molecular formula is C11H11ClN4. The van der Waals surface area contributed by atoms with E-state index in [-0.39, 0.29) is 5.28 Å². The zero-order valence-electron chi connectivity index (χ0n) is 9.05. The van der Waals surface area contributed by atoms with Crippen molar-refractivity contribution < 1.29 is 0 Å². The molecule has 0 aliphatic heterocycles. The molecule has 0 amide bonds. The molecule has 1 aromatic heterocycles. The third kappa shape index (κ3) is 2.12. The summed E-state index contributed by atoms with van der Waals surface area (Å²) in [7, 11) is 1.92. The highest BCUT2D eigenvalue weighted by Crippen LogP contribution is 2.24. The molecule has 0 saturated carbocycles. The number of rotatable bonds is 2. The molecule has 0 aliphatic carbocycles. The van der Waals surface area contributed by atoms with Crippen molar-refractivity contribution in [1.29, 1.82) is 0 Å². The first-order chi connectivity index (χ1) is 7.68. The second-order valence-corrected chi connectivity index (χ2v) is 3.77. The monoisotopic (exact) mass is 234 g/mol. The van der Waals surface area contributed by atoms with Gasteiger partial charge >= 0.3 is 0 Å². The summed E-state index contributed by atoms with van der Waals surface area (Å²) in [5.74, 6) is 0.675. The molecule has 0 fully saturated rings. The molecular weight excluding hydrogens is 224 g/mol. The molecule has 0 unspecified atom stereocenters. The Kier molecular flexibility index (Phi) is 3.01. The number of aryl methyl sites for hydroxylation is 1. The van der Waals surface area contributed by atoms with E-state index in [9.17, 15) is 0 Å². The number of halogens is 1. The second kappa shape index (κ2) is 4.45. The van der Waals surface area contributed by atoms with Gasteiger partial charge in [-0.25, -0.2) is 0 Å². The van der Waals surface area contributed by atoms with Gasteiger partial charge in [-0.1, -0.05) is 18.2 Å². The molecule has 2 rings (SSSR count). The Hall–Kier alpha value is -1.68. The van der Waals surface area contributed by atoms with Crippen LogP contribution in [0.1, 0.15) is 5.56 Å². The standard InChI is InChI=1S/C11H11ClN4/c1-8-5-3-4-6-9(8)16(2)10-7-13-15-11(12)14-10/h3-7H,1-2H3.